The van der Waals surface area contributed by atoms with E-state index in [-0.39, 0.29) is 15.6 Å². The van der Waals surface area contributed by atoms with Gasteiger partial charge in [0, 0.05) is 29.1 Å². The van der Waals surface area contributed by atoms with Gasteiger partial charge in [-0.1, -0.05) is 60.7 Å². The van der Waals surface area contributed by atoms with Crippen LogP contribution in [0.1, 0.15) is 22.8 Å². The number of ketones is 1. The van der Waals surface area contributed by atoms with E-state index in [1.807, 2.05) is 55.5 Å². The van der Waals surface area contributed by atoms with Gasteiger partial charge in [-0.15, -0.1) is 0 Å². The summed E-state index contributed by atoms with van der Waals surface area (Å²) in [4.78, 5) is 13.7. The Kier molecular flexibility index (Phi) is 7.13. The molecule has 4 aromatic carbocycles. The molecule has 4 rings (SSSR count). The van der Waals surface area contributed by atoms with Crippen LogP contribution < -0.4 is 11.1 Å². The fourth-order valence-corrected chi connectivity index (χ4v) is 5.00. The lowest BCUT2D eigenvalue weighted by Crippen LogP contribution is -2.15. The van der Waals surface area contributed by atoms with Crippen LogP contribution in [0.5, 0.6) is 0 Å². The molecule has 4 aromatic rings. The van der Waals surface area contributed by atoms with Crippen molar-refractivity contribution in [2.75, 3.05) is 17.6 Å². The van der Waals surface area contributed by atoms with E-state index < -0.39 is 9.84 Å². The number of Topliss-reactive ketones (excluding diaryl/α,β-unsaturated/α-hetero) is 1. The standard InChI is InChI=1S/C29H26N2O3S/c1-21(22-8-4-2-5-9-22)28(29(32)23-10-6-3-7-11-23)20-31-25-14-18-27(19-15-25)35(33,34)26-16-12-24(30)13-17-26/h2-19,31H,20,30H2,1H3. The average molecular weight is 483 g/mol. The van der Waals surface area contributed by atoms with Crippen LogP contribution in [-0.2, 0) is 9.84 Å². The molecule has 6 heteroatoms. The fraction of sp³-hybridized carbons (Fsp3) is 0.0690. The number of rotatable bonds is 8. The molecule has 0 unspecified atom stereocenters. The molecule has 3 N–H and O–H groups in total. The van der Waals surface area contributed by atoms with E-state index in [9.17, 15) is 13.2 Å². The molecule has 0 saturated carbocycles. The SMILES string of the molecule is CC(=C(CNc1ccc(S(=O)(=O)c2ccc(N)cc2)cc1)C(=O)c1ccccc1)c1ccccc1. The third kappa shape index (κ3) is 5.50. The Morgan fingerprint density at radius 2 is 1.20 bits per heavy atom. The molecule has 0 aliphatic rings. The van der Waals surface area contributed by atoms with E-state index in [0.717, 1.165) is 11.1 Å². The van der Waals surface area contributed by atoms with Crippen molar-refractivity contribution >= 4 is 32.6 Å². The largest absolute Gasteiger partial charge is 0.399 e. The molecular formula is C29H26N2O3S. The summed E-state index contributed by atoms with van der Waals surface area (Å²) in [7, 11) is -3.65. The number of anilines is 2. The molecule has 0 atom stereocenters. The van der Waals surface area contributed by atoms with Gasteiger partial charge in [0.2, 0.25) is 9.84 Å². The summed E-state index contributed by atoms with van der Waals surface area (Å²) in [5.74, 6) is -0.0537. The van der Waals surface area contributed by atoms with Gasteiger partial charge in [0.05, 0.1) is 9.79 Å². The first-order valence-electron chi connectivity index (χ1n) is 11.2. The minimum atomic E-state index is -3.65. The number of carbonyl (C=O) groups is 1. The first-order chi connectivity index (χ1) is 16.9. The highest BCUT2D eigenvalue weighted by Crippen LogP contribution is 2.25. The smallest absolute Gasteiger partial charge is 0.206 e. The van der Waals surface area contributed by atoms with E-state index in [1.165, 1.54) is 12.1 Å². The van der Waals surface area contributed by atoms with Crippen LogP contribution in [0.15, 0.2) is 125 Å². The van der Waals surface area contributed by atoms with Crippen molar-refractivity contribution < 1.29 is 13.2 Å². The maximum Gasteiger partial charge on any atom is 0.206 e. The molecule has 0 saturated heterocycles. The minimum Gasteiger partial charge on any atom is -0.399 e. The molecule has 35 heavy (non-hydrogen) atoms. The highest BCUT2D eigenvalue weighted by atomic mass is 32.2. The van der Waals surface area contributed by atoms with Crippen molar-refractivity contribution in [2.45, 2.75) is 16.7 Å². The number of nitrogens with two attached hydrogens (primary N) is 1. The van der Waals surface area contributed by atoms with Crippen LogP contribution >= 0.6 is 0 Å². The van der Waals surface area contributed by atoms with Crippen LogP contribution in [0.4, 0.5) is 11.4 Å². The quantitative estimate of drug-likeness (QED) is 0.186. The van der Waals surface area contributed by atoms with E-state index >= 15 is 0 Å². The molecule has 0 fully saturated rings. The van der Waals surface area contributed by atoms with Gasteiger partial charge in [-0.3, -0.25) is 4.79 Å². The van der Waals surface area contributed by atoms with Gasteiger partial charge < -0.3 is 11.1 Å². The third-order valence-electron chi connectivity index (χ3n) is 5.79. The number of benzene rings is 4. The van der Waals surface area contributed by atoms with Gasteiger partial charge in [-0.05, 0) is 66.6 Å². The van der Waals surface area contributed by atoms with E-state index in [4.69, 9.17) is 5.73 Å². The minimum absolute atomic E-state index is 0.0537. The van der Waals surface area contributed by atoms with Gasteiger partial charge in [0.1, 0.15) is 0 Å². The van der Waals surface area contributed by atoms with Crippen LogP contribution in [-0.4, -0.2) is 20.7 Å². The summed E-state index contributed by atoms with van der Waals surface area (Å²) in [6.45, 7) is 2.23. The Balaban J connectivity index is 1.58. The Hall–Kier alpha value is -4.16. The zero-order valence-electron chi connectivity index (χ0n) is 19.3. The predicted octanol–water partition coefficient (Wildman–Crippen LogP) is 5.87. The lowest BCUT2D eigenvalue weighted by molar-refractivity contribution is 0.103. The van der Waals surface area contributed by atoms with Gasteiger partial charge in [-0.25, -0.2) is 8.42 Å². The number of sulfone groups is 1. The lowest BCUT2D eigenvalue weighted by Gasteiger charge is -2.15. The Morgan fingerprint density at radius 3 is 1.74 bits per heavy atom. The molecule has 0 aliphatic carbocycles. The molecule has 5 nitrogen and oxygen atoms in total. The van der Waals surface area contributed by atoms with Gasteiger partial charge >= 0.3 is 0 Å². The summed E-state index contributed by atoms with van der Waals surface area (Å²) < 4.78 is 25.8. The second kappa shape index (κ2) is 10.4. The number of hydrogen-bond donors (Lipinski definition) is 2. The number of hydrogen-bond acceptors (Lipinski definition) is 5. The van der Waals surface area contributed by atoms with Crippen molar-refractivity contribution in [1.29, 1.82) is 0 Å². The summed E-state index contributed by atoms with van der Waals surface area (Å²) in [6.07, 6.45) is 0. The molecule has 0 heterocycles. The second-order valence-corrected chi connectivity index (χ2v) is 10.1. The molecular weight excluding hydrogens is 456 g/mol. The van der Waals surface area contributed by atoms with E-state index in [2.05, 4.69) is 5.32 Å². The van der Waals surface area contributed by atoms with Crippen LogP contribution in [0.3, 0.4) is 0 Å². The third-order valence-corrected chi connectivity index (χ3v) is 7.58. The van der Waals surface area contributed by atoms with Crippen molar-refractivity contribution in [2.24, 2.45) is 0 Å². The molecule has 0 bridgehead atoms. The second-order valence-electron chi connectivity index (χ2n) is 8.12. The maximum absolute atomic E-state index is 13.4. The normalized spacial score (nSPS) is 12.0. The topological polar surface area (TPSA) is 89.3 Å². The molecule has 0 aromatic heterocycles. The summed E-state index contributed by atoms with van der Waals surface area (Å²) >= 11 is 0. The first-order valence-corrected chi connectivity index (χ1v) is 12.6. The zero-order valence-corrected chi connectivity index (χ0v) is 20.1. The molecule has 0 aliphatic heterocycles. The molecule has 0 amide bonds. The van der Waals surface area contributed by atoms with Gasteiger partial charge in [0.15, 0.2) is 5.78 Å². The molecule has 0 radical (unpaired) electrons. The number of carbonyl (C=O) groups excluding carboxylic acids is 1. The number of allylic oxidation sites excluding steroid dienone is 1. The first kappa shape index (κ1) is 24.0. The highest BCUT2D eigenvalue weighted by Gasteiger charge is 2.18. The van der Waals surface area contributed by atoms with Crippen molar-refractivity contribution in [3.8, 4) is 0 Å². The Morgan fingerprint density at radius 1 is 0.714 bits per heavy atom. The Bertz CT molecular complexity index is 1440. The summed E-state index contributed by atoms with van der Waals surface area (Å²) in [5.41, 5.74) is 9.99. The average Bonchev–Trinajstić information content (AvgIpc) is 2.90. The van der Waals surface area contributed by atoms with Crippen molar-refractivity contribution in [3.63, 3.8) is 0 Å². The van der Waals surface area contributed by atoms with Crippen LogP contribution in [0, 0.1) is 0 Å². The van der Waals surface area contributed by atoms with Crippen molar-refractivity contribution in [1.82, 2.24) is 0 Å². The van der Waals surface area contributed by atoms with Crippen LogP contribution in [0.25, 0.3) is 5.57 Å². The Labute approximate surface area is 205 Å². The zero-order chi connectivity index (χ0) is 24.8. The van der Waals surface area contributed by atoms with Crippen LogP contribution in [0.2, 0.25) is 0 Å². The summed E-state index contributed by atoms with van der Waals surface area (Å²) in [6, 6.07) is 31.6. The fourth-order valence-electron chi connectivity index (χ4n) is 3.73. The molecule has 0 spiro atoms. The number of nitrogens with one attached hydrogen (secondary N) is 1. The predicted molar refractivity (Wildman–Crippen MR) is 141 cm³/mol. The number of nitrogen functional groups attached to an aromatic ring is 1. The molecule has 176 valence electrons. The maximum atomic E-state index is 13.4. The summed E-state index contributed by atoms with van der Waals surface area (Å²) in [5, 5.41) is 3.28. The van der Waals surface area contributed by atoms with E-state index in [0.29, 0.717) is 29.1 Å². The monoisotopic (exact) mass is 482 g/mol. The lowest BCUT2D eigenvalue weighted by atomic mass is 9.95. The van der Waals surface area contributed by atoms with Crippen molar-refractivity contribution in [3.05, 3.63) is 126 Å². The van der Waals surface area contributed by atoms with Gasteiger partial charge in [0.25, 0.3) is 0 Å². The highest BCUT2D eigenvalue weighted by molar-refractivity contribution is 7.91. The van der Waals surface area contributed by atoms with Gasteiger partial charge in [-0.2, -0.15) is 0 Å². The van der Waals surface area contributed by atoms with E-state index in [1.54, 1.807) is 48.5 Å².